The van der Waals surface area contributed by atoms with Crippen molar-refractivity contribution in [2.24, 2.45) is 0 Å². The predicted molar refractivity (Wildman–Crippen MR) is 52.9 cm³/mol. The van der Waals surface area contributed by atoms with Gasteiger partial charge in [0, 0.05) is 6.42 Å². The summed E-state index contributed by atoms with van der Waals surface area (Å²) in [5.74, 6) is 5.89. The Morgan fingerprint density at radius 3 is 2.77 bits per heavy atom. The zero-order chi connectivity index (χ0) is 10.2. The first kappa shape index (κ1) is 11.8. The average Bonchev–Trinajstić information content (AvgIpc) is 2.05. The molecular weight excluding hydrogens is 162 g/mol. The highest BCUT2D eigenvalue weighted by Gasteiger charge is 2.13. The maximum Gasteiger partial charge on any atom is 0.123 e. The number of ether oxygens (including phenoxy) is 1. The Labute approximate surface area is 80.2 Å². The number of allylic oxidation sites excluding steroid dienone is 1. The van der Waals surface area contributed by atoms with E-state index in [-0.39, 0.29) is 0 Å². The standard InChI is InChI=1S/C11H15NO/c1-4-5-6-8-11(2,3)13-10-7-9-12/h4H,1,5,7,10H2,2-3H3. The van der Waals surface area contributed by atoms with Crippen molar-refractivity contribution in [2.75, 3.05) is 6.61 Å². The topological polar surface area (TPSA) is 33.0 Å². The molecule has 0 aromatic rings. The van der Waals surface area contributed by atoms with Crippen molar-refractivity contribution >= 4 is 0 Å². The van der Waals surface area contributed by atoms with Crippen molar-refractivity contribution < 1.29 is 4.74 Å². The van der Waals surface area contributed by atoms with Gasteiger partial charge in [-0.05, 0) is 13.8 Å². The lowest BCUT2D eigenvalue weighted by molar-refractivity contribution is 0.0307. The molecule has 0 N–H and O–H groups in total. The van der Waals surface area contributed by atoms with Gasteiger partial charge in [0.1, 0.15) is 5.60 Å². The van der Waals surface area contributed by atoms with Crippen LogP contribution in [-0.2, 0) is 4.74 Å². The van der Waals surface area contributed by atoms with Crippen LogP contribution in [-0.4, -0.2) is 12.2 Å². The fraction of sp³-hybridized carbons (Fsp3) is 0.545. The molecule has 0 fully saturated rings. The summed E-state index contributed by atoms with van der Waals surface area (Å²) in [6.45, 7) is 7.78. The molecule has 0 heterocycles. The molecule has 2 nitrogen and oxygen atoms in total. The fourth-order valence-corrected chi connectivity index (χ4v) is 0.724. The Morgan fingerprint density at radius 1 is 1.54 bits per heavy atom. The Bertz CT molecular complexity index is 249. The lowest BCUT2D eigenvalue weighted by Crippen LogP contribution is -2.22. The van der Waals surface area contributed by atoms with Crippen molar-refractivity contribution in [3.63, 3.8) is 0 Å². The van der Waals surface area contributed by atoms with Gasteiger partial charge in [0.2, 0.25) is 0 Å². The summed E-state index contributed by atoms with van der Waals surface area (Å²) in [7, 11) is 0. The van der Waals surface area contributed by atoms with Crippen LogP contribution in [0.15, 0.2) is 12.7 Å². The molecule has 0 bridgehead atoms. The van der Waals surface area contributed by atoms with Gasteiger partial charge in [0.15, 0.2) is 0 Å². The molecule has 13 heavy (non-hydrogen) atoms. The second-order valence-corrected chi connectivity index (χ2v) is 3.06. The molecule has 0 radical (unpaired) electrons. The van der Waals surface area contributed by atoms with Crippen molar-refractivity contribution in [1.29, 1.82) is 5.26 Å². The maximum atomic E-state index is 8.30. The van der Waals surface area contributed by atoms with Gasteiger partial charge in [-0.3, -0.25) is 0 Å². The number of nitriles is 1. The fourth-order valence-electron chi connectivity index (χ4n) is 0.724. The van der Waals surface area contributed by atoms with E-state index in [9.17, 15) is 0 Å². The highest BCUT2D eigenvalue weighted by molar-refractivity contribution is 5.12. The molecule has 0 atom stereocenters. The largest absolute Gasteiger partial charge is 0.362 e. The second-order valence-electron chi connectivity index (χ2n) is 3.06. The molecule has 0 aliphatic heterocycles. The molecule has 0 unspecified atom stereocenters. The SMILES string of the molecule is C=CCC#CC(C)(C)OCCC#N. The molecule has 0 saturated heterocycles. The van der Waals surface area contributed by atoms with Crippen molar-refractivity contribution in [3.8, 4) is 17.9 Å². The third-order valence-corrected chi connectivity index (χ3v) is 1.31. The minimum atomic E-state index is -0.458. The molecule has 70 valence electrons. The van der Waals surface area contributed by atoms with Crippen LogP contribution in [0.5, 0.6) is 0 Å². The summed E-state index contributed by atoms with van der Waals surface area (Å²) in [5, 5.41) is 8.30. The van der Waals surface area contributed by atoms with Gasteiger partial charge in [0.25, 0.3) is 0 Å². The van der Waals surface area contributed by atoms with E-state index in [1.54, 1.807) is 6.08 Å². The number of hydrogen-bond acceptors (Lipinski definition) is 2. The summed E-state index contributed by atoms with van der Waals surface area (Å²) >= 11 is 0. The predicted octanol–water partition coefficient (Wildman–Crippen LogP) is 2.27. The minimum absolute atomic E-state index is 0.409. The van der Waals surface area contributed by atoms with E-state index in [1.165, 1.54) is 0 Å². The second kappa shape index (κ2) is 6.29. The van der Waals surface area contributed by atoms with Crippen LogP contribution in [0.2, 0.25) is 0 Å². The van der Waals surface area contributed by atoms with Gasteiger partial charge in [0.05, 0.1) is 19.1 Å². The number of nitrogens with zero attached hydrogens (tertiary/aromatic N) is 1. The molecule has 0 rings (SSSR count). The van der Waals surface area contributed by atoms with E-state index in [2.05, 4.69) is 18.4 Å². The number of rotatable bonds is 4. The third kappa shape index (κ3) is 7.12. The smallest absolute Gasteiger partial charge is 0.123 e. The van der Waals surface area contributed by atoms with Crippen LogP contribution >= 0.6 is 0 Å². The van der Waals surface area contributed by atoms with Crippen LogP contribution in [0.3, 0.4) is 0 Å². The summed E-state index contributed by atoms with van der Waals surface area (Å²) < 4.78 is 5.39. The maximum absolute atomic E-state index is 8.30. The van der Waals surface area contributed by atoms with Gasteiger partial charge in [-0.15, -0.1) is 6.58 Å². The first-order valence-corrected chi connectivity index (χ1v) is 4.24. The molecular formula is C11H15NO. The van der Waals surface area contributed by atoms with Crippen LogP contribution < -0.4 is 0 Å². The summed E-state index contributed by atoms with van der Waals surface area (Å²) in [5.41, 5.74) is -0.458. The van der Waals surface area contributed by atoms with E-state index in [0.29, 0.717) is 19.4 Å². The first-order chi connectivity index (χ1) is 6.12. The van der Waals surface area contributed by atoms with E-state index >= 15 is 0 Å². The monoisotopic (exact) mass is 177 g/mol. The Balaban J connectivity index is 3.88. The van der Waals surface area contributed by atoms with Crippen LogP contribution in [0, 0.1) is 23.2 Å². The molecule has 0 amide bonds. The Hall–Kier alpha value is -1.25. The van der Waals surface area contributed by atoms with Gasteiger partial charge >= 0.3 is 0 Å². The minimum Gasteiger partial charge on any atom is -0.362 e. The zero-order valence-electron chi connectivity index (χ0n) is 8.26. The summed E-state index contributed by atoms with van der Waals surface area (Å²) in [6.07, 6.45) is 2.83. The molecule has 0 aromatic heterocycles. The van der Waals surface area contributed by atoms with Crippen molar-refractivity contribution in [2.45, 2.75) is 32.3 Å². The van der Waals surface area contributed by atoms with Crippen molar-refractivity contribution in [1.82, 2.24) is 0 Å². The van der Waals surface area contributed by atoms with E-state index in [1.807, 2.05) is 19.9 Å². The quantitative estimate of drug-likeness (QED) is 0.375. The van der Waals surface area contributed by atoms with E-state index < -0.39 is 5.60 Å². The molecule has 0 aromatic carbocycles. The van der Waals surface area contributed by atoms with Gasteiger partial charge < -0.3 is 4.74 Å². The van der Waals surface area contributed by atoms with Gasteiger partial charge in [-0.1, -0.05) is 17.9 Å². The summed E-state index contributed by atoms with van der Waals surface area (Å²) in [4.78, 5) is 0. The van der Waals surface area contributed by atoms with Gasteiger partial charge in [-0.2, -0.15) is 5.26 Å². The Morgan fingerprint density at radius 2 is 2.23 bits per heavy atom. The first-order valence-electron chi connectivity index (χ1n) is 4.24. The highest BCUT2D eigenvalue weighted by atomic mass is 16.5. The average molecular weight is 177 g/mol. The number of hydrogen-bond donors (Lipinski definition) is 0. The summed E-state index contributed by atoms with van der Waals surface area (Å²) in [6, 6.07) is 2.02. The van der Waals surface area contributed by atoms with Crippen LogP contribution in [0.1, 0.15) is 26.7 Å². The Kier molecular flexibility index (Phi) is 5.68. The van der Waals surface area contributed by atoms with Gasteiger partial charge in [-0.25, -0.2) is 0 Å². The third-order valence-electron chi connectivity index (χ3n) is 1.31. The van der Waals surface area contributed by atoms with E-state index in [0.717, 1.165) is 0 Å². The van der Waals surface area contributed by atoms with Crippen LogP contribution in [0.25, 0.3) is 0 Å². The molecule has 0 spiro atoms. The van der Waals surface area contributed by atoms with Crippen LogP contribution in [0.4, 0.5) is 0 Å². The molecule has 0 aliphatic carbocycles. The highest BCUT2D eigenvalue weighted by Crippen LogP contribution is 2.07. The molecule has 2 heteroatoms. The molecule has 0 aliphatic rings. The normalized spacial score (nSPS) is 9.62. The lowest BCUT2D eigenvalue weighted by atomic mass is 10.1. The zero-order valence-corrected chi connectivity index (χ0v) is 8.26. The lowest BCUT2D eigenvalue weighted by Gasteiger charge is -2.17. The molecule has 0 saturated carbocycles. The van der Waals surface area contributed by atoms with Crippen molar-refractivity contribution in [3.05, 3.63) is 12.7 Å². The van der Waals surface area contributed by atoms with E-state index in [4.69, 9.17) is 10.00 Å².